The van der Waals surface area contributed by atoms with Crippen LogP contribution >= 0.6 is 0 Å². The van der Waals surface area contributed by atoms with Crippen molar-refractivity contribution >= 4 is 40.6 Å². The summed E-state index contributed by atoms with van der Waals surface area (Å²) in [4.78, 5) is 28.4. The molecule has 3 aromatic rings. The maximum Gasteiger partial charge on any atom is 0.421 e. The first-order valence-corrected chi connectivity index (χ1v) is 13.1. The van der Waals surface area contributed by atoms with E-state index in [0.717, 1.165) is 25.6 Å². The van der Waals surface area contributed by atoms with Crippen LogP contribution in [-0.2, 0) is 11.0 Å². The number of carbonyl (C=O) groups is 1. The van der Waals surface area contributed by atoms with Crippen molar-refractivity contribution in [1.29, 1.82) is 0 Å². The highest BCUT2D eigenvalue weighted by atomic mass is 19.4. The summed E-state index contributed by atoms with van der Waals surface area (Å²) in [5, 5.41) is 8.14. The predicted molar refractivity (Wildman–Crippen MR) is 155 cm³/mol. The summed E-state index contributed by atoms with van der Waals surface area (Å²) in [6, 6.07) is 10.0. The molecule has 1 aliphatic rings. The lowest BCUT2D eigenvalue weighted by Crippen LogP contribution is -2.34. The van der Waals surface area contributed by atoms with E-state index in [4.69, 9.17) is 4.74 Å². The van der Waals surface area contributed by atoms with Crippen LogP contribution < -0.4 is 25.6 Å². The molecular weight excluding hydrogens is 537 g/mol. The van der Waals surface area contributed by atoms with Gasteiger partial charge in [-0.2, -0.15) is 23.1 Å². The van der Waals surface area contributed by atoms with Crippen LogP contribution in [0.15, 0.2) is 55.3 Å². The van der Waals surface area contributed by atoms with Crippen molar-refractivity contribution in [3.63, 3.8) is 0 Å². The van der Waals surface area contributed by atoms with Gasteiger partial charge in [0.05, 0.1) is 7.11 Å². The largest absolute Gasteiger partial charge is 0.479 e. The predicted octanol–water partition coefficient (Wildman–Crippen LogP) is 5.68. The Balaban J connectivity index is 0.00000226. The average molecular weight is 573 g/mol. The summed E-state index contributed by atoms with van der Waals surface area (Å²) >= 11 is 0. The Hall–Kier alpha value is -4.39. The second kappa shape index (κ2) is 13.8. The number of likely N-dealkylation sites (tertiary alicyclic amines) is 1. The molecule has 220 valence electrons. The molecule has 4 rings (SSSR count). The second-order valence-corrected chi connectivity index (χ2v) is 9.02. The zero-order chi connectivity index (χ0) is 30.2. The van der Waals surface area contributed by atoms with Crippen LogP contribution in [0.1, 0.15) is 25.8 Å². The smallest absolute Gasteiger partial charge is 0.421 e. The van der Waals surface area contributed by atoms with Crippen molar-refractivity contribution in [2.24, 2.45) is 0 Å². The van der Waals surface area contributed by atoms with Crippen LogP contribution in [0.25, 0.3) is 0 Å². The number of pyridine rings is 1. The Labute approximate surface area is 237 Å². The maximum absolute atomic E-state index is 13.8. The van der Waals surface area contributed by atoms with Gasteiger partial charge in [0.2, 0.25) is 17.7 Å². The molecule has 0 saturated carbocycles. The molecule has 1 aliphatic heterocycles. The number of carbonyl (C=O) groups excluding carboxylic acids is 1. The first-order valence-electron chi connectivity index (χ1n) is 13.1. The fourth-order valence-corrected chi connectivity index (χ4v) is 4.16. The topological polar surface area (TPSA) is 108 Å². The number of nitrogens with one attached hydrogen (secondary N) is 3. The van der Waals surface area contributed by atoms with Gasteiger partial charge in [-0.15, -0.1) is 0 Å². The summed E-state index contributed by atoms with van der Waals surface area (Å²) in [7, 11) is 5.49. The molecule has 1 aromatic carbocycles. The summed E-state index contributed by atoms with van der Waals surface area (Å²) in [6.45, 7) is 9.30. The van der Waals surface area contributed by atoms with E-state index < -0.39 is 23.5 Å². The number of aromatic nitrogens is 3. The number of nitrogens with zero attached hydrogens (tertiary/aromatic N) is 5. The van der Waals surface area contributed by atoms with Gasteiger partial charge in [-0.3, -0.25) is 4.79 Å². The molecule has 2 aromatic heterocycles. The Morgan fingerprint density at radius 2 is 1.90 bits per heavy atom. The van der Waals surface area contributed by atoms with Crippen molar-refractivity contribution in [3.8, 4) is 5.88 Å². The zero-order valence-electron chi connectivity index (χ0n) is 23.7. The number of methoxy groups -OCH3 is 1. The van der Waals surface area contributed by atoms with Crippen LogP contribution in [0.4, 0.5) is 47.8 Å². The minimum atomic E-state index is -4.71. The van der Waals surface area contributed by atoms with Gasteiger partial charge in [-0.05, 0) is 56.4 Å². The van der Waals surface area contributed by atoms with E-state index in [9.17, 15) is 18.0 Å². The molecule has 1 amide bonds. The molecule has 3 N–H and O–H groups in total. The van der Waals surface area contributed by atoms with Gasteiger partial charge in [-0.1, -0.05) is 26.5 Å². The Kier molecular flexibility index (Phi) is 10.5. The van der Waals surface area contributed by atoms with Gasteiger partial charge in [0.1, 0.15) is 22.9 Å². The number of anilines is 6. The van der Waals surface area contributed by atoms with Gasteiger partial charge in [-0.25, -0.2) is 4.98 Å². The molecule has 13 heteroatoms. The number of amides is 1. The number of halogens is 3. The maximum atomic E-state index is 13.8. The minimum absolute atomic E-state index is 0.0970. The molecule has 0 aliphatic carbocycles. The fraction of sp³-hybridized carbons (Fsp3) is 0.357. The normalized spacial score (nSPS) is 14.9. The van der Waals surface area contributed by atoms with Crippen molar-refractivity contribution in [2.45, 2.75) is 32.5 Å². The van der Waals surface area contributed by atoms with Gasteiger partial charge < -0.3 is 30.5 Å². The molecule has 0 bridgehead atoms. The number of benzene rings is 1. The number of hydrogen-bond donors (Lipinski definition) is 3. The molecule has 41 heavy (non-hydrogen) atoms. The molecule has 3 heterocycles. The standard InChI is InChI=1S/C26H29F3N8O2.C2H6/c1-5-22(38)31-16-7-6-8-17(13-16)32-23-19(26(27,28)29)14-30-25(35-23)33-20-9-10-21(34-24(20)39-4)37(3)18-11-12-36(2)15-18;1-2/h5-10,13-14,18H,1,11-12,15H2,2-4H3,(H,31,38)(H2,30,32,33,35);1-2H3. The van der Waals surface area contributed by atoms with Gasteiger partial charge >= 0.3 is 6.18 Å². The highest BCUT2D eigenvalue weighted by Gasteiger charge is 2.35. The quantitative estimate of drug-likeness (QED) is 0.279. The highest BCUT2D eigenvalue weighted by molar-refractivity contribution is 5.99. The van der Waals surface area contributed by atoms with E-state index in [2.05, 4.69) is 54.3 Å². The number of hydrogen-bond acceptors (Lipinski definition) is 9. The van der Waals surface area contributed by atoms with E-state index in [-0.39, 0.29) is 17.5 Å². The molecule has 0 radical (unpaired) electrons. The van der Waals surface area contributed by atoms with Crippen LogP contribution in [0.5, 0.6) is 5.88 Å². The number of ether oxygens (including phenoxy) is 1. The van der Waals surface area contributed by atoms with E-state index in [1.165, 1.54) is 13.2 Å². The molecule has 10 nitrogen and oxygen atoms in total. The van der Waals surface area contributed by atoms with Gasteiger partial charge in [0.25, 0.3) is 0 Å². The third-order valence-corrected chi connectivity index (χ3v) is 6.23. The van der Waals surface area contributed by atoms with Crippen molar-refractivity contribution in [2.75, 3.05) is 55.1 Å². The van der Waals surface area contributed by atoms with Crippen LogP contribution in [-0.4, -0.2) is 66.1 Å². The monoisotopic (exact) mass is 572 g/mol. The lowest BCUT2D eigenvalue weighted by atomic mass is 10.2. The first kappa shape index (κ1) is 31.1. The van der Waals surface area contributed by atoms with E-state index >= 15 is 0 Å². The minimum Gasteiger partial charge on any atom is -0.479 e. The molecular formula is C28H35F3N8O2. The van der Waals surface area contributed by atoms with Crippen LogP contribution in [0, 0.1) is 0 Å². The van der Waals surface area contributed by atoms with Gasteiger partial charge in [0.15, 0.2) is 0 Å². The summed E-state index contributed by atoms with van der Waals surface area (Å²) in [6.07, 6.45) is -1.92. The molecule has 0 spiro atoms. The fourth-order valence-electron chi connectivity index (χ4n) is 4.16. The van der Waals surface area contributed by atoms with E-state index in [1.807, 2.05) is 20.9 Å². The molecule has 1 atom stereocenters. The number of likely N-dealkylation sites (N-methyl/N-ethyl adjacent to an activating group) is 2. The van der Waals surface area contributed by atoms with E-state index in [1.54, 1.807) is 30.3 Å². The Bertz CT molecular complexity index is 1350. The number of rotatable bonds is 9. The summed E-state index contributed by atoms with van der Waals surface area (Å²) in [5.41, 5.74) is -0.0256. The van der Waals surface area contributed by atoms with Crippen molar-refractivity contribution < 1.29 is 22.7 Å². The van der Waals surface area contributed by atoms with Crippen LogP contribution in [0.2, 0.25) is 0 Å². The average Bonchev–Trinajstić information content (AvgIpc) is 3.39. The summed E-state index contributed by atoms with van der Waals surface area (Å²) < 4.78 is 46.7. The SMILES string of the molecule is C=CC(=O)Nc1cccc(Nc2nc(Nc3ccc(N(C)C4CCN(C)C4)nc3OC)ncc2C(F)(F)F)c1.CC. The third-order valence-electron chi connectivity index (χ3n) is 6.23. The van der Waals surface area contributed by atoms with Crippen molar-refractivity contribution in [3.05, 3.63) is 60.8 Å². The highest BCUT2D eigenvalue weighted by Crippen LogP contribution is 2.36. The van der Waals surface area contributed by atoms with Crippen molar-refractivity contribution in [1.82, 2.24) is 19.9 Å². The summed E-state index contributed by atoms with van der Waals surface area (Å²) in [5.74, 6) is -0.0701. The first-order chi connectivity index (χ1) is 19.6. The van der Waals surface area contributed by atoms with E-state index in [0.29, 0.717) is 29.4 Å². The van der Waals surface area contributed by atoms with Gasteiger partial charge in [0, 0.05) is 37.2 Å². The Morgan fingerprint density at radius 1 is 1.17 bits per heavy atom. The van der Waals surface area contributed by atoms with Crippen LogP contribution in [0.3, 0.4) is 0 Å². The third kappa shape index (κ3) is 8.07. The Morgan fingerprint density at radius 3 is 2.54 bits per heavy atom. The second-order valence-electron chi connectivity index (χ2n) is 9.02. The molecule has 1 unspecified atom stereocenters. The lowest BCUT2D eigenvalue weighted by molar-refractivity contribution is -0.137. The zero-order valence-corrected chi connectivity index (χ0v) is 23.7. The lowest BCUT2D eigenvalue weighted by Gasteiger charge is -2.26. The molecule has 1 fully saturated rings. The number of alkyl halides is 3. The molecule has 1 saturated heterocycles.